The van der Waals surface area contributed by atoms with E-state index in [1.165, 1.54) is 7.11 Å². The fraction of sp³-hybridized carbons (Fsp3) is 0.200. The van der Waals surface area contributed by atoms with E-state index in [1.807, 2.05) is 37.3 Å². The van der Waals surface area contributed by atoms with Crippen LogP contribution in [0, 0.1) is 6.92 Å². The van der Waals surface area contributed by atoms with Gasteiger partial charge in [-0.2, -0.15) is 0 Å². The second-order valence-electron chi connectivity index (χ2n) is 4.04. The summed E-state index contributed by atoms with van der Waals surface area (Å²) >= 11 is 1.59. The third-order valence-electron chi connectivity index (χ3n) is 2.77. The molecule has 98 valence electrons. The number of carbonyl (C=O) groups is 1. The Morgan fingerprint density at radius 3 is 2.79 bits per heavy atom. The number of benzene rings is 1. The van der Waals surface area contributed by atoms with Crippen molar-refractivity contribution in [2.45, 2.75) is 17.6 Å². The predicted octanol–water partition coefficient (Wildman–Crippen LogP) is 3.47. The van der Waals surface area contributed by atoms with Gasteiger partial charge in [-0.1, -0.05) is 18.2 Å². The van der Waals surface area contributed by atoms with Crippen LogP contribution in [0.25, 0.3) is 0 Å². The van der Waals surface area contributed by atoms with Gasteiger partial charge in [0.05, 0.1) is 18.4 Å². The number of hydrogen-bond acceptors (Lipinski definition) is 4. The molecule has 0 radical (unpaired) electrons. The van der Waals surface area contributed by atoms with Crippen LogP contribution in [0.4, 0.5) is 0 Å². The van der Waals surface area contributed by atoms with E-state index in [1.54, 1.807) is 24.0 Å². The molecular formula is C15H15NO2S. The highest BCUT2D eigenvalue weighted by atomic mass is 32.2. The highest BCUT2D eigenvalue weighted by molar-refractivity contribution is 7.98. The van der Waals surface area contributed by atoms with Crippen LogP contribution in [0.2, 0.25) is 0 Å². The molecule has 0 spiro atoms. The van der Waals surface area contributed by atoms with E-state index >= 15 is 0 Å². The standard InChI is InChI=1S/C15H15NO2S/c1-11-6-5-9-16-13(11)10-19-14-8-4-3-7-12(14)15(17)18-2/h3-9H,10H2,1-2H3. The number of esters is 1. The van der Waals surface area contributed by atoms with Gasteiger partial charge in [0.2, 0.25) is 0 Å². The third kappa shape index (κ3) is 3.35. The van der Waals surface area contributed by atoms with Crippen LogP contribution >= 0.6 is 11.8 Å². The van der Waals surface area contributed by atoms with Gasteiger partial charge in [-0.15, -0.1) is 11.8 Å². The third-order valence-corrected chi connectivity index (χ3v) is 3.86. The van der Waals surface area contributed by atoms with Crippen LogP contribution in [-0.2, 0) is 10.5 Å². The molecule has 0 saturated heterocycles. The molecular weight excluding hydrogens is 258 g/mol. The van der Waals surface area contributed by atoms with Crippen LogP contribution < -0.4 is 0 Å². The summed E-state index contributed by atoms with van der Waals surface area (Å²) in [6, 6.07) is 11.4. The summed E-state index contributed by atoms with van der Waals surface area (Å²) in [5.74, 6) is 0.432. The molecule has 19 heavy (non-hydrogen) atoms. The first-order valence-electron chi connectivity index (χ1n) is 5.93. The number of hydrogen-bond donors (Lipinski definition) is 0. The number of nitrogens with zero attached hydrogens (tertiary/aromatic N) is 1. The van der Waals surface area contributed by atoms with Crippen LogP contribution in [0.5, 0.6) is 0 Å². The highest BCUT2D eigenvalue weighted by Crippen LogP contribution is 2.26. The molecule has 2 aromatic rings. The maximum absolute atomic E-state index is 11.7. The lowest BCUT2D eigenvalue weighted by Crippen LogP contribution is -2.03. The van der Waals surface area contributed by atoms with E-state index in [4.69, 9.17) is 4.74 Å². The van der Waals surface area contributed by atoms with Crippen LogP contribution in [0.1, 0.15) is 21.6 Å². The van der Waals surface area contributed by atoms with Crippen molar-refractivity contribution in [1.82, 2.24) is 4.98 Å². The molecule has 1 heterocycles. The molecule has 0 aliphatic heterocycles. The van der Waals surface area contributed by atoms with E-state index in [2.05, 4.69) is 4.98 Å². The summed E-state index contributed by atoms with van der Waals surface area (Å²) in [4.78, 5) is 16.9. The zero-order valence-electron chi connectivity index (χ0n) is 10.9. The lowest BCUT2D eigenvalue weighted by Gasteiger charge is -2.08. The maximum atomic E-state index is 11.7. The number of ether oxygens (including phenoxy) is 1. The first-order chi connectivity index (χ1) is 9.22. The van der Waals surface area contributed by atoms with E-state index in [-0.39, 0.29) is 5.97 Å². The SMILES string of the molecule is COC(=O)c1ccccc1SCc1ncccc1C. The largest absolute Gasteiger partial charge is 0.465 e. The Labute approximate surface area is 117 Å². The minimum Gasteiger partial charge on any atom is -0.465 e. The van der Waals surface area contributed by atoms with Crippen molar-refractivity contribution in [1.29, 1.82) is 0 Å². The normalized spacial score (nSPS) is 10.2. The molecule has 0 aliphatic rings. The maximum Gasteiger partial charge on any atom is 0.338 e. The molecule has 0 saturated carbocycles. The second kappa shape index (κ2) is 6.38. The fourth-order valence-corrected chi connectivity index (χ4v) is 2.76. The van der Waals surface area contributed by atoms with E-state index in [9.17, 15) is 4.79 Å². The lowest BCUT2D eigenvalue weighted by atomic mass is 10.2. The van der Waals surface area contributed by atoms with Crippen LogP contribution in [0.15, 0.2) is 47.5 Å². The minimum atomic E-state index is -0.305. The summed E-state index contributed by atoms with van der Waals surface area (Å²) in [5, 5.41) is 0. The molecule has 3 nitrogen and oxygen atoms in total. The molecule has 0 fully saturated rings. The predicted molar refractivity (Wildman–Crippen MR) is 76.3 cm³/mol. The molecule has 0 N–H and O–H groups in total. The van der Waals surface area contributed by atoms with Gasteiger partial charge in [-0.25, -0.2) is 4.79 Å². The van der Waals surface area contributed by atoms with Gasteiger partial charge in [0.15, 0.2) is 0 Å². The Morgan fingerprint density at radius 2 is 2.05 bits per heavy atom. The first-order valence-corrected chi connectivity index (χ1v) is 6.91. The van der Waals surface area contributed by atoms with Gasteiger partial charge < -0.3 is 4.74 Å². The van der Waals surface area contributed by atoms with Crippen molar-refractivity contribution >= 4 is 17.7 Å². The fourth-order valence-electron chi connectivity index (χ4n) is 1.69. The van der Waals surface area contributed by atoms with Gasteiger partial charge in [-0.05, 0) is 30.7 Å². The van der Waals surface area contributed by atoms with Gasteiger partial charge in [0.1, 0.15) is 0 Å². The summed E-state index contributed by atoms with van der Waals surface area (Å²) in [6.45, 7) is 2.04. The van der Waals surface area contributed by atoms with E-state index < -0.39 is 0 Å². The number of thioether (sulfide) groups is 1. The summed E-state index contributed by atoms with van der Waals surface area (Å²) in [6.07, 6.45) is 1.79. The molecule has 1 aromatic heterocycles. The highest BCUT2D eigenvalue weighted by Gasteiger charge is 2.11. The average molecular weight is 273 g/mol. The monoisotopic (exact) mass is 273 g/mol. The Balaban J connectivity index is 2.16. The number of methoxy groups -OCH3 is 1. The van der Waals surface area contributed by atoms with Gasteiger partial charge in [0.25, 0.3) is 0 Å². The molecule has 0 atom stereocenters. The molecule has 1 aromatic carbocycles. The second-order valence-corrected chi connectivity index (χ2v) is 5.06. The van der Waals surface area contributed by atoms with Gasteiger partial charge in [-0.3, -0.25) is 4.98 Å². The molecule has 4 heteroatoms. The average Bonchev–Trinajstić information content (AvgIpc) is 2.46. The molecule has 0 amide bonds. The summed E-state index contributed by atoms with van der Waals surface area (Å²) < 4.78 is 4.78. The van der Waals surface area contributed by atoms with Crippen LogP contribution in [-0.4, -0.2) is 18.1 Å². The van der Waals surface area contributed by atoms with Crippen molar-refractivity contribution in [3.05, 3.63) is 59.4 Å². The van der Waals surface area contributed by atoms with Gasteiger partial charge in [0, 0.05) is 16.8 Å². The summed E-state index contributed by atoms with van der Waals surface area (Å²) in [5.41, 5.74) is 2.79. The molecule has 0 unspecified atom stereocenters. The first kappa shape index (κ1) is 13.6. The lowest BCUT2D eigenvalue weighted by molar-refractivity contribution is 0.0597. The number of aryl methyl sites for hydroxylation is 1. The van der Waals surface area contributed by atoms with Gasteiger partial charge >= 0.3 is 5.97 Å². The zero-order chi connectivity index (χ0) is 13.7. The molecule has 0 aliphatic carbocycles. The topological polar surface area (TPSA) is 39.2 Å². The van der Waals surface area contributed by atoms with E-state index in [0.29, 0.717) is 5.56 Å². The zero-order valence-corrected chi connectivity index (χ0v) is 11.7. The number of rotatable bonds is 4. The Bertz CT molecular complexity index is 584. The number of aromatic nitrogens is 1. The van der Waals surface area contributed by atoms with Crippen LogP contribution in [0.3, 0.4) is 0 Å². The Hall–Kier alpha value is -1.81. The number of carbonyl (C=O) groups excluding carboxylic acids is 1. The van der Waals surface area contributed by atoms with Crippen molar-refractivity contribution in [3.8, 4) is 0 Å². The van der Waals surface area contributed by atoms with Crippen molar-refractivity contribution < 1.29 is 9.53 Å². The smallest absolute Gasteiger partial charge is 0.338 e. The van der Waals surface area contributed by atoms with Crippen molar-refractivity contribution in [3.63, 3.8) is 0 Å². The Morgan fingerprint density at radius 1 is 1.26 bits per heavy atom. The Kier molecular flexibility index (Phi) is 4.58. The summed E-state index contributed by atoms with van der Waals surface area (Å²) in [7, 11) is 1.40. The quantitative estimate of drug-likeness (QED) is 0.631. The van der Waals surface area contributed by atoms with E-state index in [0.717, 1.165) is 21.9 Å². The molecule has 0 bridgehead atoms. The molecule has 2 rings (SSSR count). The number of pyridine rings is 1. The van der Waals surface area contributed by atoms with Crippen molar-refractivity contribution in [2.24, 2.45) is 0 Å². The van der Waals surface area contributed by atoms with Crippen molar-refractivity contribution in [2.75, 3.05) is 7.11 Å². The minimum absolute atomic E-state index is 0.305.